The van der Waals surface area contributed by atoms with Gasteiger partial charge in [-0.15, -0.1) is 5.10 Å². The van der Waals surface area contributed by atoms with E-state index in [4.69, 9.17) is 0 Å². The smallest absolute Gasteiger partial charge is 0.255 e. The first kappa shape index (κ1) is 17.3. The molecule has 29 heavy (non-hydrogen) atoms. The van der Waals surface area contributed by atoms with Gasteiger partial charge in [0.2, 0.25) is 11.8 Å². The average Bonchev–Trinajstić information content (AvgIpc) is 3.34. The normalized spacial score (nSPS) is 18.7. The van der Waals surface area contributed by atoms with E-state index in [2.05, 4.69) is 15.6 Å². The minimum atomic E-state index is -0.623. The Hall–Kier alpha value is -3.81. The molecule has 2 aliphatic heterocycles. The highest BCUT2D eigenvalue weighted by atomic mass is 16.2. The van der Waals surface area contributed by atoms with Crippen molar-refractivity contribution in [2.75, 3.05) is 0 Å². The number of benzene rings is 2. The fourth-order valence-corrected chi connectivity index (χ4v) is 3.92. The van der Waals surface area contributed by atoms with Crippen molar-refractivity contribution < 1.29 is 14.4 Å². The molecule has 3 heterocycles. The molecule has 0 bridgehead atoms. The molecular formula is C21H17N5O3. The van der Waals surface area contributed by atoms with Gasteiger partial charge in [0.15, 0.2) is 0 Å². The van der Waals surface area contributed by atoms with Crippen molar-refractivity contribution in [1.29, 1.82) is 0 Å². The number of carbonyl (C=O) groups is 3. The highest BCUT2D eigenvalue weighted by Gasteiger charge is 2.39. The number of nitrogens with one attached hydrogen (secondary N) is 1. The predicted octanol–water partition coefficient (Wildman–Crippen LogP) is 1.70. The number of rotatable bonds is 3. The minimum absolute atomic E-state index is 0.192. The standard InChI is InChI=1S/C21H17N5O3/c27-19-9-8-17(20(28)23-19)25-12-14-10-15(6-7-16(14)21(25)29)26-18(11-22-24-26)13-4-2-1-3-5-13/h1-7,10-11,17H,8-9,12H2,(H,23,27,28). The molecule has 1 aromatic heterocycles. The molecule has 2 aliphatic rings. The molecule has 5 rings (SSSR count). The molecule has 2 aromatic carbocycles. The second-order valence-electron chi connectivity index (χ2n) is 7.14. The van der Waals surface area contributed by atoms with Gasteiger partial charge in [-0.2, -0.15) is 0 Å². The molecule has 8 nitrogen and oxygen atoms in total. The van der Waals surface area contributed by atoms with Gasteiger partial charge in [-0.25, -0.2) is 4.68 Å². The molecule has 144 valence electrons. The number of piperidine rings is 1. The molecule has 0 spiro atoms. The molecule has 1 fully saturated rings. The van der Waals surface area contributed by atoms with Crippen LogP contribution in [0.4, 0.5) is 0 Å². The van der Waals surface area contributed by atoms with Crippen molar-refractivity contribution in [3.8, 4) is 16.9 Å². The number of hydrogen-bond acceptors (Lipinski definition) is 5. The number of aromatic nitrogens is 3. The Balaban J connectivity index is 1.47. The summed E-state index contributed by atoms with van der Waals surface area (Å²) >= 11 is 0. The number of amides is 3. The van der Waals surface area contributed by atoms with Gasteiger partial charge in [0.1, 0.15) is 6.04 Å². The highest BCUT2D eigenvalue weighted by molar-refractivity contribution is 6.05. The van der Waals surface area contributed by atoms with E-state index in [1.807, 2.05) is 42.5 Å². The van der Waals surface area contributed by atoms with E-state index in [-0.39, 0.29) is 18.2 Å². The molecule has 0 saturated carbocycles. The van der Waals surface area contributed by atoms with Crippen LogP contribution < -0.4 is 5.32 Å². The average molecular weight is 387 g/mol. The van der Waals surface area contributed by atoms with Crippen LogP contribution in [0.1, 0.15) is 28.8 Å². The van der Waals surface area contributed by atoms with Crippen molar-refractivity contribution >= 4 is 17.7 Å². The van der Waals surface area contributed by atoms with Gasteiger partial charge in [-0.3, -0.25) is 19.7 Å². The predicted molar refractivity (Wildman–Crippen MR) is 103 cm³/mol. The Morgan fingerprint density at radius 1 is 1.03 bits per heavy atom. The fraction of sp³-hybridized carbons (Fsp3) is 0.190. The van der Waals surface area contributed by atoms with Gasteiger partial charge in [0.05, 0.1) is 17.6 Å². The van der Waals surface area contributed by atoms with Crippen LogP contribution >= 0.6 is 0 Å². The number of imide groups is 1. The Morgan fingerprint density at radius 3 is 2.66 bits per heavy atom. The van der Waals surface area contributed by atoms with Crippen LogP contribution in [0.15, 0.2) is 54.7 Å². The van der Waals surface area contributed by atoms with E-state index in [1.54, 1.807) is 16.9 Å². The first-order chi connectivity index (χ1) is 14.1. The monoisotopic (exact) mass is 387 g/mol. The maximum Gasteiger partial charge on any atom is 0.255 e. The topological polar surface area (TPSA) is 97.2 Å². The van der Waals surface area contributed by atoms with E-state index < -0.39 is 11.9 Å². The quantitative estimate of drug-likeness (QED) is 0.690. The van der Waals surface area contributed by atoms with E-state index in [9.17, 15) is 14.4 Å². The van der Waals surface area contributed by atoms with Crippen molar-refractivity contribution in [2.45, 2.75) is 25.4 Å². The van der Waals surface area contributed by atoms with Crippen LogP contribution in [0, 0.1) is 0 Å². The van der Waals surface area contributed by atoms with Gasteiger partial charge in [0.25, 0.3) is 5.91 Å². The maximum absolute atomic E-state index is 12.8. The zero-order chi connectivity index (χ0) is 20.0. The molecule has 0 radical (unpaired) electrons. The van der Waals surface area contributed by atoms with E-state index in [1.165, 1.54) is 4.90 Å². The van der Waals surface area contributed by atoms with Crippen molar-refractivity contribution in [2.24, 2.45) is 0 Å². The molecule has 1 atom stereocenters. The summed E-state index contributed by atoms with van der Waals surface area (Å²) in [5, 5.41) is 10.6. The number of hydrogen-bond donors (Lipinski definition) is 1. The Morgan fingerprint density at radius 2 is 1.86 bits per heavy atom. The summed E-state index contributed by atoms with van der Waals surface area (Å²) in [6.07, 6.45) is 2.28. The van der Waals surface area contributed by atoms with Gasteiger partial charge < -0.3 is 4.90 Å². The number of nitrogens with zero attached hydrogens (tertiary/aromatic N) is 4. The van der Waals surface area contributed by atoms with Crippen molar-refractivity contribution in [1.82, 2.24) is 25.2 Å². The number of fused-ring (bicyclic) bond motifs is 1. The van der Waals surface area contributed by atoms with Crippen LogP contribution in [0.2, 0.25) is 0 Å². The Kier molecular flexibility index (Phi) is 3.97. The third kappa shape index (κ3) is 2.89. The SMILES string of the molecule is O=C1CCC(N2Cc3cc(-n4nncc4-c4ccccc4)ccc3C2=O)C(=O)N1. The lowest BCUT2D eigenvalue weighted by Crippen LogP contribution is -2.52. The first-order valence-electron chi connectivity index (χ1n) is 9.36. The minimum Gasteiger partial charge on any atom is -0.322 e. The van der Waals surface area contributed by atoms with Crippen LogP contribution in [0.25, 0.3) is 16.9 Å². The third-order valence-corrected chi connectivity index (χ3v) is 5.37. The molecule has 1 N–H and O–H groups in total. The van der Waals surface area contributed by atoms with Crippen molar-refractivity contribution in [3.05, 3.63) is 65.9 Å². The number of carbonyl (C=O) groups excluding carboxylic acids is 3. The fourth-order valence-electron chi connectivity index (χ4n) is 3.92. The molecule has 1 unspecified atom stereocenters. The zero-order valence-corrected chi connectivity index (χ0v) is 15.4. The highest BCUT2D eigenvalue weighted by Crippen LogP contribution is 2.30. The second kappa shape index (κ2) is 6.66. The van der Waals surface area contributed by atoms with E-state index in [0.717, 1.165) is 22.5 Å². The Bertz CT molecular complexity index is 1140. The van der Waals surface area contributed by atoms with Crippen LogP contribution in [-0.2, 0) is 16.1 Å². The largest absolute Gasteiger partial charge is 0.322 e. The molecule has 3 aromatic rings. The van der Waals surface area contributed by atoms with Gasteiger partial charge in [0, 0.05) is 24.1 Å². The lowest BCUT2D eigenvalue weighted by atomic mass is 10.0. The third-order valence-electron chi connectivity index (χ3n) is 5.37. The Labute approximate surface area is 166 Å². The summed E-state index contributed by atoms with van der Waals surface area (Å²) in [5.74, 6) is -0.898. The molecule has 8 heteroatoms. The molecule has 1 saturated heterocycles. The van der Waals surface area contributed by atoms with Crippen molar-refractivity contribution in [3.63, 3.8) is 0 Å². The van der Waals surface area contributed by atoms with Crippen LogP contribution in [-0.4, -0.2) is 43.7 Å². The lowest BCUT2D eigenvalue weighted by molar-refractivity contribution is -0.136. The summed E-state index contributed by atoms with van der Waals surface area (Å²) in [4.78, 5) is 38.0. The molecular weight excluding hydrogens is 370 g/mol. The summed E-state index contributed by atoms with van der Waals surface area (Å²) in [6, 6.07) is 14.7. The second-order valence-corrected chi connectivity index (χ2v) is 7.14. The van der Waals surface area contributed by atoms with Gasteiger partial charge in [-0.1, -0.05) is 35.5 Å². The maximum atomic E-state index is 12.8. The summed E-state index contributed by atoms with van der Waals surface area (Å²) in [6.45, 7) is 0.323. The van der Waals surface area contributed by atoms with E-state index in [0.29, 0.717) is 18.5 Å². The van der Waals surface area contributed by atoms with Crippen LogP contribution in [0.5, 0.6) is 0 Å². The molecule has 3 amide bonds. The van der Waals surface area contributed by atoms with Crippen LogP contribution in [0.3, 0.4) is 0 Å². The van der Waals surface area contributed by atoms with E-state index >= 15 is 0 Å². The van der Waals surface area contributed by atoms with Gasteiger partial charge >= 0.3 is 0 Å². The molecule has 0 aliphatic carbocycles. The van der Waals surface area contributed by atoms with Gasteiger partial charge in [-0.05, 0) is 30.2 Å². The zero-order valence-electron chi connectivity index (χ0n) is 15.4. The lowest BCUT2D eigenvalue weighted by Gasteiger charge is -2.29. The summed E-state index contributed by atoms with van der Waals surface area (Å²) in [7, 11) is 0. The summed E-state index contributed by atoms with van der Waals surface area (Å²) < 4.78 is 1.73. The first-order valence-corrected chi connectivity index (χ1v) is 9.36. The summed E-state index contributed by atoms with van der Waals surface area (Å²) in [5.41, 5.74) is 4.01.